The van der Waals surface area contributed by atoms with Crippen LogP contribution in [0.25, 0.3) is 22.4 Å². The maximum Gasteiger partial charge on any atom is 0.171 e. The van der Waals surface area contributed by atoms with Gasteiger partial charge in [0.1, 0.15) is 5.52 Å². The average Bonchev–Trinajstić information content (AvgIpc) is 3.35. The second-order valence-electron chi connectivity index (χ2n) is 8.54. The van der Waals surface area contributed by atoms with E-state index in [9.17, 15) is 4.79 Å². The topological polar surface area (TPSA) is 73.9 Å². The number of H-pyrrole nitrogens is 1. The number of carbonyl (C=O) groups is 1. The molecule has 2 N–H and O–H groups in total. The lowest BCUT2D eigenvalue weighted by atomic mass is 9.87. The van der Waals surface area contributed by atoms with Crippen molar-refractivity contribution >= 4 is 22.6 Å². The lowest BCUT2D eigenvalue weighted by molar-refractivity contribution is 0.0860. The third-order valence-electron chi connectivity index (χ3n) is 5.44. The molecule has 6 nitrogen and oxygen atoms in total. The minimum absolute atomic E-state index is 0.0624. The predicted octanol–water partition coefficient (Wildman–Crippen LogP) is 3.65. The fourth-order valence-electron chi connectivity index (χ4n) is 3.67. The number of Topliss-reactive ketones (excluding diaryl/α,β-unsaturated/α-hetero) is 1. The molecule has 0 saturated carbocycles. The van der Waals surface area contributed by atoms with Crippen LogP contribution in [-0.4, -0.2) is 46.9 Å². The maximum atomic E-state index is 12.8. The molecule has 6 heteroatoms. The molecule has 1 aliphatic rings. The quantitative estimate of drug-likeness (QED) is 0.679. The van der Waals surface area contributed by atoms with Crippen LogP contribution in [0, 0.1) is 5.41 Å². The normalized spacial score (nSPS) is 17.2. The van der Waals surface area contributed by atoms with Crippen molar-refractivity contribution in [3.63, 3.8) is 0 Å². The summed E-state index contributed by atoms with van der Waals surface area (Å²) in [4.78, 5) is 27.5. The highest BCUT2D eigenvalue weighted by atomic mass is 16.1. The van der Waals surface area contributed by atoms with Crippen molar-refractivity contribution < 1.29 is 4.79 Å². The van der Waals surface area contributed by atoms with Crippen molar-refractivity contribution in [2.24, 2.45) is 5.41 Å². The van der Waals surface area contributed by atoms with Gasteiger partial charge in [-0.05, 0) is 25.1 Å². The first-order valence-corrected chi connectivity index (χ1v) is 9.77. The molecule has 1 atom stereocenters. The van der Waals surface area contributed by atoms with E-state index in [0.29, 0.717) is 22.8 Å². The molecule has 0 bridgehead atoms. The van der Waals surface area contributed by atoms with Gasteiger partial charge < -0.3 is 15.2 Å². The number of aromatic nitrogens is 3. The summed E-state index contributed by atoms with van der Waals surface area (Å²) in [5, 5.41) is 3.42. The van der Waals surface area contributed by atoms with Gasteiger partial charge in [0.2, 0.25) is 0 Å². The summed E-state index contributed by atoms with van der Waals surface area (Å²) in [7, 11) is 2.14. The van der Waals surface area contributed by atoms with Crippen molar-refractivity contribution in [3.05, 3.63) is 42.2 Å². The third kappa shape index (κ3) is 3.40. The number of benzene rings is 1. The van der Waals surface area contributed by atoms with Crippen LogP contribution >= 0.6 is 0 Å². The maximum absolute atomic E-state index is 12.8. The molecule has 2 aromatic heterocycles. The van der Waals surface area contributed by atoms with Crippen LogP contribution in [0.2, 0.25) is 0 Å². The second-order valence-corrected chi connectivity index (χ2v) is 8.54. The largest absolute Gasteiger partial charge is 0.370 e. The number of hydrogen-bond acceptors (Lipinski definition) is 5. The van der Waals surface area contributed by atoms with Gasteiger partial charge in [-0.2, -0.15) is 0 Å². The van der Waals surface area contributed by atoms with Gasteiger partial charge in [0.15, 0.2) is 11.4 Å². The second kappa shape index (κ2) is 7.02. The molecule has 3 aromatic rings. The first-order valence-electron chi connectivity index (χ1n) is 9.77. The van der Waals surface area contributed by atoms with E-state index in [1.165, 1.54) is 0 Å². The summed E-state index contributed by atoms with van der Waals surface area (Å²) < 4.78 is 0. The van der Waals surface area contributed by atoms with Gasteiger partial charge in [-0.25, -0.2) is 9.97 Å². The average molecular weight is 377 g/mol. The molecule has 1 unspecified atom stereocenters. The summed E-state index contributed by atoms with van der Waals surface area (Å²) in [6, 6.07) is 8.86. The number of nitrogens with one attached hydrogen (secondary N) is 2. The van der Waals surface area contributed by atoms with Gasteiger partial charge in [0.25, 0.3) is 0 Å². The number of fused-ring (bicyclic) bond motifs is 1. The van der Waals surface area contributed by atoms with E-state index in [-0.39, 0.29) is 5.78 Å². The Kier molecular flexibility index (Phi) is 4.67. The molecule has 146 valence electrons. The smallest absolute Gasteiger partial charge is 0.171 e. The zero-order chi connectivity index (χ0) is 19.9. The number of carbonyl (C=O) groups excluding carboxylic acids is 1. The molecular formula is C22H27N5O. The monoisotopic (exact) mass is 377 g/mol. The molecule has 1 aliphatic heterocycles. The Bertz CT molecular complexity index is 1010. The van der Waals surface area contributed by atoms with E-state index in [0.717, 1.165) is 36.5 Å². The first-order chi connectivity index (χ1) is 13.3. The van der Waals surface area contributed by atoms with E-state index in [4.69, 9.17) is 4.98 Å². The van der Waals surface area contributed by atoms with Gasteiger partial charge in [-0.3, -0.25) is 4.79 Å². The van der Waals surface area contributed by atoms with Crippen LogP contribution in [0.1, 0.15) is 37.6 Å². The molecule has 28 heavy (non-hydrogen) atoms. The summed E-state index contributed by atoms with van der Waals surface area (Å²) >= 11 is 0. The number of rotatable bonds is 4. The van der Waals surface area contributed by atoms with E-state index in [1.54, 1.807) is 12.4 Å². The van der Waals surface area contributed by atoms with Gasteiger partial charge in [0, 0.05) is 42.5 Å². The predicted molar refractivity (Wildman–Crippen MR) is 113 cm³/mol. The van der Waals surface area contributed by atoms with Crippen molar-refractivity contribution in [1.29, 1.82) is 0 Å². The van der Waals surface area contributed by atoms with Gasteiger partial charge in [0.05, 0.1) is 17.5 Å². The number of nitrogens with zero attached hydrogens (tertiary/aromatic N) is 3. The Labute approximate surface area is 165 Å². The zero-order valence-corrected chi connectivity index (χ0v) is 16.9. The standard InChI is InChI=1S/C22H27N5O/c1-22(2,3)20(28)17-12-24-21-19(17)26-18(13-25-21)14-6-5-7-15(10-14)27(4)16-8-9-23-11-16/h5-7,10,12-13,16,23H,8-9,11H2,1-4H3,(H,24,25). The van der Waals surface area contributed by atoms with Crippen LogP contribution in [-0.2, 0) is 0 Å². The van der Waals surface area contributed by atoms with E-state index in [1.807, 2.05) is 32.9 Å². The van der Waals surface area contributed by atoms with Crippen LogP contribution in [0.4, 0.5) is 5.69 Å². The zero-order valence-electron chi connectivity index (χ0n) is 16.9. The summed E-state index contributed by atoms with van der Waals surface area (Å²) in [6.07, 6.45) is 4.63. The molecule has 4 rings (SSSR count). The molecule has 0 spiro atoms. The molecule has 0 aliphatic carbocycles. The fraction of sp³-hybridized carbons (Fsp3) is 0.409. The van der Waals surface area contributed by atoms with Crippen LogP contribution in [0.15, 0.2) is 36.7 Å². The van der Waals surface area contributed by atoms with Gasteiger partial charge in [-0.15, -0.1) is 0 Å². The Balaban J connectivity index is 1.71. The lowest BCUT2D eigenvalue weighted by Crippen LogP contribution is -2.33. The summed E-state index contributed by atoms with van der Waals surface area (Å²) in [5.74, 6) is 0.0624. The molecule has 0 amide bonds. The number of hydrogen-bond donors (Lipinski definition) is 2. The SMILES string of the molecule is CN(c1cccc(-c2cnc3[nH]cc(C(=O)C(C)(C)C)c3n2)c1)C1CCNC1. The van der Waals surface area contributed by atoms with E-state index < -0.39 is 5.41 Å². The Morgan fingerprint density at radius 3 is 2.82 bits per heavy atom. The van der Waals surface area contributed by atoms with Crippen LogP contribution in [0.5, 0.6) is 0 Å². The highest BCUT2D eigenvalue weighted by Crippen LogP contribution is 2.28. The van der Waals surface area contributed by atoms with Crippen LogP contribution < -0.4 is 10.2 Å². The Morgan fingerprint density at radius 2 is 2.11 bits per heavy atom. The first kappa shape index (κ1) is 18.6. The Morgan fingerprint density at radius 1 is 1.29 bits per heavy atom. The van der Waals surface area contributed by atoms with Gasteiger partial charge in [-0.1, -0.05) is 32.9 Å². The van der Waals surface area contributed by atoms with Crippen molar-refractivity contribution in [2.45, 2.75) is 33.2 Å². The van der Waals surface area contributed by atoms with Gasteiger partial charge >= 0.3 is 0 Å². The number of aromatic amines is 1. The number of likely N-dealkylation sites (N-methyl/N-ethyl adjacent to an activating group) is 1. The van der Waals surface area contributed by atoms with Crippen molar-refractivity contribution in [1.82, 2.24) is 20.3 Å². The molecule has 3 heterocycles. The highest BCUT2D eigenvalue weighted by Gasteiger charge is 2.26. The minimum atomic E-state index is -0.468. The summed E-state index contributed by atoms with van der Waals surface area (Å²) in [5.41, 5.74) is 4.34. The molecule has 0 radical (unpaired) electrons. The van der Waals surface area contributed by atoms with Crippen molar-refractivity contribution in [3.8, 4) is 11.3 Å². The van der Waals surface area contributed by atoms with Crippen molar-refractivity contribution in [2.75, 3.05) is 25.0 Å². The summed E-state index contributed by atoms with van der Waals surface area (Å²) in [6.45, 7) is 7.83. The number of ketones is 1. The van der Waals surface area contributed by atoms with E-state index >= 15 is 0 Å². The fourth-order valence-corrected chi connectivity index (χ4v) is 3.67. The molecule has 1 fully saturated rings. The minimum Gasteiger partial charge on any atom is -0.370 e. The third-order valence-corrected chi connectivity index (χ3v) is 5.44. The lowest BCUT2D eigenvalue weighted by Gasteiger charge is -2.26. The van der Waals surface area contributed by atoms with Crippen LogP contribution in [0.3, 0.4) is 0 Å². The van der Waals surface area contributed by atoms with E-state index in [2.05, 4.69) is 39.4 Å². The number of anilines is 1. The Hall–Kier alpha value is -2.73. The highest BCUT2D eigenvalue weighted by molar-refractivity contribution is 6.08. The molecule has 1 saturated heterocycles. The molecular weight excluding hydrogens is 350 g/mol. The molecule has 1 aromatic carbocycles.